The van der Waals surface area contributed by atoms with Crippen LogP contribution in [0.1, 0.15) is 25.1 Å². The monoisotopic (exact) mass is 206 g/mol. The molecule has 3 heteroatoms. The van der Waals surface area contributed by atoms with Gasteiger partial charge in [-0.05, 0) is 19.9 Å². The van der Waals surface area contributed by atoms with Gasteiger partial charge in [-0.1, -0.05) is 13.8 Å². The Morgan fingerprint density at radius 1 is 1.27 bits per heavy atom. The highest BCUT2D eigenvalue weighted by atomic mass is 16.5. The molecule has 82 valence electrons. The number of aromatic nitrogens is 2. The van der Waals surface area contributed by atoms with Crippen molar-refractivity contribution in [1.29, 1.82) is 0 Å². The van der Waals surface area contributed by atoms with Crippen LogP contribution in [0.5, 0.6) is 5.75 Å². The average Bonchev–Trinajstić information content (AvgIpc) is 2.63. The van der Waals surface area contributed by atoms with Crippen LogP contribution in [0.3, 0.4) is 0 Å². The second-order valence-corrected chi connectivity index (χ2v) is 3.17. The van der Waals surface area contributed by atoms with E-state index in [1.165, 1.54) is 0 Å². The van der Waals surface area contributed by atoms with Crippen LogP contribution in [0.4, 0.5) is 0 Å². The summed E-state index contributed by atoms with van der Waals surface area (Å²) in [4.78, 5) is 7.44. The molecule has 2 aromatic rings. The number of methoxy groups -OCH3 is 1. The van der Waals surface area contributed by atoms with E-state index in [1.807, 2.05) is 27.7 Å². The third-order valence-corrected chi connectivity index (χ3v) is 2.24. The standard InChI is InChI=1S/C10H12N2O.C2H6/c1-6-4-8-7(2)9(13-3)5-11-10(8)12-6;1-2/h4-5H,1-3H3,(H,11,12);1-2H3. The Morgan fingerprint density at radius 2 is 1.93 bits per heavy atom. The smallest absolute Gasteiger partial charge is 0.140 e. The second kappa shape index (κ2) is 4.82. The van der Waals surface area contributed by atoms with Crippen LogP contribution in [0, 0.1) is 13.8 Å². The Bertz CT molecular complexity index is 446. The van der Waals surface area contributed by atoms with Crippen molar-refractivity contribution < 1.29 is 4.74 Å². The zero-order chi connectivity index (χ0) is 11.4. The van der Waals surface area contributed by atoms with Crippen molar-refractivity contribution in [3.63, 3.8) is 0 Å². The Labute approximate surface area is 90.5 Å². The first-order valence-corrected chi connectivity index (χ1v) is 5.21. The molecule has 0 aromatic carbocycles. The minimum absolute atomic E-state index is 0.839. The Kier molecular flexibility index (Phi) is 3.72. The van der Waals surface area contributed by atoms with Gasteiger partial charge in [0.05, 0.1) is 13.3 Å². The van der Waals surface area contributed by atoms with Gasteiger partial charge in [0.1, 0.15) is 11.4 Å². The van der Waals surface area contributed by atoms with Gasteiger partial charge >= 0.3 is 0 Å². The van der Waals surface area contributed by atoms with E-state index < -0.39 is 0 Å². The molecule has 2 heterocycles. The molecule has 0 aliphatic heterocycles. The summed E-state index contributed by atoms with van der Waals surface area (Å²) in [7, 11) is 1.66. The number of nitrogens with one attached hydrogen (secondary N) is 1. The predicted molar refractivity (Wildman–Crippen MR) is 63.5 cm³/mol. The van der Waals surface area contributed by atoms with Crippen molar-refractivity contribution in [2.45, 2.75) is 27.7 Å². The minimum Gasteiger partial charge on any atom is -0.495 e. The van der Waals surface area contributed by atoms with Gasteiger partial charge in [-0.2, -0.15) is 0 Å². The van der Waals surface area contributed by atoms with Gasteiger partial charge in [-0.3, -0.25) is 0 Å². The Hall–Kier alpha value is -1.51. The van der Waals surface area contributed by atoms with Gasteiger partial charge in [0.2, 0.25) is 0 Å². The van der Waals surface area contributed by atoms with Crippen LogP contribution in [0.15, 0.2) is 12.3 Å². The fourth-order valence-electron chi connectivity index (χ4n) is 1.52. The number of H-pyrrole nitrogens is 1. The molecular weight excluding hydrogens is 188 g/mol. The van der Waals surface area contributed by atoms with Gasteiger partial charge in [0.15, 0.2) is 0 Å². The average molecular weight is 206 g/mol. The normalized spacial score (nSPS) is 9.67. The van der Waals surface area contributed by atoms with Gasteiger partial charge in [-0.25, -0.2) is 4.98 Å². The molecule has 15 heavy (non-hydrogen) atoms. The summed E-state index contributed by atoms with van der Waals surface area (Å²) >= 11 is 0. The first kappa shape index (κ1) is 11.6. The number of aromatic amines is 1. The summed E-state index contributed by atoms with van der Waals surface area (Å²) in [5.74, 6) is 0.839. The Balaban J connectivity index is 0.000000531. The van der Waals surface area contributed by atoms with Crippen molar-refractivity contribution >= 4 is 11.0 Å². The third-order valence-electron chi connectivity index (χ3n) is 2.24. The van der Waals surface area contributed by atoms with Gasteiger partial charge < -0.3 is 9.72 Å². The van der Waals surface area contributed by atoms with Crippen LogP contribution < -0.4 is 4.74 Å². The number of ether oxygens (including phenoxy) is 1. The van der Waals surface area contributed by atoms with Crippen molar-refractivity contribution in [1.82, 2.24) is 9.97 Å². The summed E-state index contributed by atoms with van der Waals surface area (Å²) in [6, 6.07) is 2.08. The number of aryl methyl sites for hydroxylation is 2. The van der Waals surface area contributed by atoms with E-state index in [1.54, 1.807) is 13.3 Å². The van der Waals surface area contributed by atoms with Crippen molar-refractivity contribution in [3.05, 3.63) is 23.5 Å². The van der Waals surface area contributed by atoms with Crippen molar-refractivity contribution in [2.75, 3.05) is 7.11 Å². The van der Waals surface area contributed by atoms with E-state index in [4.69, 9.17) is 4.74 Å². The maximum Gasteiger partial charge on any atom is 0.140 e. The van der Waals surface area contributed by atoms with Crippen molar-refractivity contribution in [2.24, 2.45) is 0 Å². The maximum atomic E-state index is 5.19. The molecule has 1 N–H and O–H groups in total. The van der Waals surface area contributed by atoms with Crippen LogP contribution in [0.25, 0.3) is 11.0 Å². The van der Waals surface area contributed by atoms with Gasteiger partial charge in [0, 0.05) is 16.6 Å². The number of pyridine rings is 1. The molecule has 0 bridgehead atoms. The number of nitrogens with zero attached hydrogens (tertiary/aromatic N) is 1. The molecule has 0 spiro atoms. The fraction of sp³-hybridized carbons (Fsp3) is 0.417. The maximum absolute atomic E-state index is 5.19. The van der Waals surface area contributed by atoms with E-state index in [9.17, 15) is 0 Å². The lowest BCUT2D eigenvalue weighted by Crippen LogP contribution is -1.89. The molecule has 0 radical (unpaired) electrons. The zero-order valence-electron chi connectivity index (χ0n) is 10.0. The molecule has 0 aliphatic carbocycles. The van der Waals surface area contributed by atoms with Crippen LogP contribution in [0.2, 0.25) is 0 Å². The van der Waals surface area contributed by atoms with E-state index in [0.717, 1.165) is 28.0 Å². The minimum atomic E-state index is 0.839. The molecule has 0 unspecified atom stereocenters. The SMILES string of the molecule is CC.COc1cnc2[nH]c(C)cc2c1C. The first-order valence-electron chi connectivity index (χ1n) is 5.21. The lowest BCUT2D eigenvalue weighted by molar-refractivity contribution is 0.411. The van der Waals surface area contributed by atoms with E-state index in [2.05, 4.69) is 16.0 Å². The summed E-state index contributed by atoms with van der Waals surface area (Å²) < 4.78 is 5.19. The Morgan fingerprint density at radius 3 is 2.53 bits per heavy atom. The number of hydrogen-bond acceptors (Lipinski definition) is 2. The summed E-state index contributed by atoms with van der Waals surface area (Å²) in [6.07, 6.45) is 1.74. The van der Waals surface area contributed by atoms with Crippen LogP contribution >= 0.6 is 0 Å². The van der Waals surface area contributed by atoms with Crippen molar-refractivity contribution in [3.8, 4) is 5.75 Å². The zero-order valence-corrected chi connectivity index (χ0v) is 10.0. The predicted octanol–water partition coefficient (Wildman–Crippen LogP) is 3.21. The molecule has 2 rings (SSSR count). The molecule has 0 amide bonds. The highest BCUT2D eigenvalue weighted by Crippen LogP contribution is 2.24. The largest absolute Gasteiger partial charge is 0.495 e. The highest BCUT2D eigenvalue weighted by molar-refractivity contribution is 5.82. The van der Waals surface area contributed by atoms with Crippen LogP contribution in [-0.2, 0) is 0 Å². The lowest BCUT2D eigenvalue weighted by atomic mass is 10.2. The van der Waals surface area contributed by atoms with Crippen LogP contribution in [-0.4, -0.2) is 17.1 Å². The van der Waals surface area contributed by atoms with Gasteiger partial charge in [0.25, 0.3) is 0 Å². The third kappa shape index (κ3) is 2.12. The van der Waals surface area contributed by atoms with E-state index in [-0.39, 0.29) is 0 Å². The topological polar surface area (TPSA) is 37.9 Å². The highest BCUT2D eigenvalue weighted by Gasteiger charge is 2.06. The summed E-state index contributed by atoms with van der Waals surface area (Å²) in [5, 5.41) is 1.14. The van der Waals surface area contributed by atoms with E-state index >= 15 is 0 Å². The molecule has 0 aliphatic rings. The first-order chi connectivity index (χ1) is 7.22. The second-order valence-electron chi connectivity index (χ2n) is 3.17. The molecule has 0 saturated heterocycles. The molecule has 0 atom stereocenters. The molecule has 3 nitrogen and oxygen atoms in total. The number of fused-ring (bicyclic) bond motifs is 1. The summed E-state index contributed by atoms with van der Waals surface area (Å²) in [5.41, 5.74) is 3.19. The molecule has 0 fully saturated rings. The number of hydrogen-bond donors (Lipinski definition) is 1. The van der Waals surface area contributed by atoms with E-state index in [0.29, 0.717) is 0 Å². The fourth-order valence-corrected chi connectivity index (χ4v) is 1.52. The molecular formula is C12H18N2O. The van der Waals surface area contributed by atoms with Gasteiger partial charge in [-0.15, -0.1) is 0 Å². The molecule has 2 aromatic heterocycles. The summed E-state index contributed by atoms with van der Waals surface area (Å²) in [6.45, 7) is 8.06. The quantitative estimate of drug-likeness (QED) is 0.778. The molecule has 0 saturated carbocycles. The lowest BCUT2D eigenvalue weighted by Gasteiger charge is -2.03. The number of rotatable bonds is 1.